The van der Waals surface area contributed by atoms with Gasteiger partial charge in [-0.2, -0.15) is 0 Å². The molecule has 11 heteroatoms. The molecule has 3 aromatic rings. The summed E-state index contributed by atoms with van der Waals surface area (Å²) in [4.78, 5) is 32.9. The Balaban J connectivity index is 0.000000222. The first-order chi connectivity index (χ1) is 21.7. The zero-order valence-corrected chi connectivity index (χ0v) is 26.2. The minimum Gasteiger partial charge on any atom is -0.497 e. The molecule has 0 aromatic heterocycles. The lowest BCUT2D eigenvalue weighted by Gasteiger charge is -2.26. The van der Waals surface area contributed by atoms with Crippen molar-refractivity contribution in [3.8, 4) is 11.5 Å². The lowest BCUT2D eigenvalue weighted by molar-refractivity contribution is -0.152. The van der Waals surface area contributed by atoms with E-state index in [2.05, 4.69) is 14.7 Å². The number of methoxy groups -OCH3 is 4. The van der Waals surface area contributed by atoms with Gasteiger partial charge in [-0.15, -0.1) is 0 Å². The summed E-state index contributed by atoms with van der Waals surface area (Å²) in [5, 5.41) is 0. The van der Waals surface area contributed by atoms with Gasteiger partial charge in [-0.25, -0.2) is 19.6 Å². The van der Waals surface area contributed by atoms with Gasteiger partial charge in [0.2, 0.25) is 17.3 Å². The Labute approximate surface area is 262 Å². The van der Waals surface area contributed by atoms with Crippen LogP contribution in [-0.2, 0) is 39.9 Å². The third kappa shape index (κ3) is 7.79. The zero-order chi connectivity index (χ0) is 32.4. The van der Waals surface area contributed by atoms with Crippen molar-refractivity contribution in [1.29, 1.82) is 0 Å². The molecule has 0 radical (unpaired) electrons. The molecule has 0 spiro atoms. The van der Waals surface area contributed by atoms with E-state index >= 15 is 0 Å². The van der Waals surface area contributed by atoms with Crippen molar-refractivity contribution in [1.82, 2.24) is 0 Å². The Hall–Kier alpha value is -4.90. The number of hydrogen-bond acceptors (Lipinski definition) is 11. The molecule has 0 bridgehead atoms. The van der Waals surface area contributed by atoms with Crippen LogP contribution in [0.3, 0.4) is 0 Å². The van der Waals surface area contributed by atoms with E-state index in [1.807, 2.05) is 78.9 Å². The summed E-state index contributed by atoms with van der Waals surface area (Å²) in [5.74, 6) is 1.47. The van der Waals surface area contributed by atoms with Gasteiger partial charge >= 0.3 is 11.9 Å². The van der Waals surface area contributed by atoms with Crippen molar-refractivity contribution in [2.45, 2.75) is 44.2 Å². The lowest BCUT2D eigenvalue weighted by atomic mass is 9.96. The van der Waals surface area contributed by atoms with Crippen molar-refractivity contribution in [2.75, 3.05) is 35.0 Å². The van der Waals surface area contributed by atoms with Crippen LogP contribution in [0.5, 0.6) is 11.5 Å². The van der Waals surface area contributed by atoms with Gasteiger partial charge in [0.05, 0.1) is 41.7 Å². The second-order valence-electron chi connectivity index (χ2n) is 10.3. The average molecular weight is 619 g/mol. The molecule has 2 aliphatic heterocycles. The first-order valence-electron chi connectivity index (χ1n) is 14.3. The molecule has 11 nitrogen and oxygen atoms in total. The molecule has 2 aliphatic rings. The van der Waals surface area contributed by atoms with Gasteiger partial charge in [-0.3, -0.25) is 0 Å². The molecular weight excluding hydrogens is 580 g/mol. The van der Waals surface area contributed by atoms with E-state index in [9.17, 15) is 9.59 Å². The minimum absolute atomic E-state index is 0.0649. The number of carbonyl (C=O) groups is 2. The molecule has 4 atom stereocenters. The number of carbonyl (C=O) groups excluding carboxylic acids is 2. The number of benzene rings is 3. The van der Waals surface area contributed by atoms with Gasteiger partial charge in [-0.05, 0) is 67.9 Å². The van der Waals surface area contributed by atoms with Gasteiger partial charge in [0.1, 0.15) is 23.7 Å². The number of nitrogens with zero attached hydrogens (tertiary/aromatic N) is 2. The van der Waals surface area contributed by atoms with Gasteiger partial charge < -0.3 is 33.2 Å². The normalized spacial score (nSPS) is 21.6. The number of rotatable bonds is 10. The van der Waals surface area contributed by atoms with Gasteiger partial charge in [0, 0.05) is 11.1 Å². The highest BCUT2D eigenvalue weighted by Gasteiger charge is 2.52. The molecule has 238 valence electrons. The zero-order valence-electron chi connectivity index (χ0n) is 26.2. The van der Waals surface area contributed by atoms with Gasteiger partial charge in [0.15, 0.2) is 6.04 Å². The molecule has 0 unspecified atom stereocenters. The second-order valence-corrected chi connectivity index (χ2v) is 10.3. The fourth-order valence-corrected chi connectivity index (χ4v) is 4.67. The Morgan fingerprint density at radius 2 is 1.33 bits per heavy atom. The first kappa shape index (κ1) is 33.0. The summed E-state index contributed by atoms with van der Waals surface area (Å²) < 4.78 is 37.2. The molecule has 2 heterocycles. The van der Waals surface area contributed by atoms with E-state index in [4.69, 9.17) is 28.4 Å². The van der Waals surface area contributed by atoms with Crippen LogP contribution in [0.1, 0.15) is 30.5 Å². The van der Waals surface area contributed by atoms with Crippen LogP contribution in [0, 0.1) is 0 Å². The molecule has 0 amide bonds. The summed E-state index contributed by atoms with van der Waals surface area (Å²) in [6.45, 7) is 4.03. The summed E-state index contributed by atoms with van der Waals surface area (Å²) >= 11 is 0. The summed E-state index contributed by atoms with van der Waals surface area (Å²) in [7, 11) is 5.89. The highest BCUT2D eigenvalue weighted by molar-refractivity contribution is 6.00. The van der Waals surface area contributed by atoms with Crippen molar-refractivity contribution in [3.63, 3.8) is 0 Å². The van der Waals surface area contributed by atoms with E-state index in [1.165, 1.54) is 14.2 Å². The van der Waals surface area contributed by atoms with E-state index < -0.39 is 23.7 Å². The van der Waals surface area contributed by atoms with Crippen LogP contribution in [0.25, 0.3) is 0 Å². The van der Waals surface area contributed by atoms with Gasteiger partial charge in [-0.1, -0.05) is 30.3 Å². The SMILES string of the molecule is COC(=O)[C@H]1N=C(c2ccc(OC)cc2)O[C@@H]1C.COC(=O)[C@]1(COCc2ccccc2)N=C(c2ccc(OC)cc2)O[C@@H]1C. The van der Waals surface area contributed by atoms with E-state index in [-0.39, 0.29) is 18.7 Å². The quantitative estimate of drug-likeness (QED) is 0.304. The maximum atomic E-state index is 12.6. The molecule has 0 fully saturated rings. The highest BCUT2D eigenvalue weighted by atomic mass is 16.6. The van der Waals surface area contributed by atoms with Crippen LogP contribution < -0.4 is 9.47 Å². The first-order valence-corrected chi connectivity index (χ1v) is 14.3. The largest absolute Gasteiger partial charge is 0.497 e. The molecule has 3 aromatic carbocycles. The standard InChI is InChI=1S/C21H23NO5.C13H15NO4/c1-15-21(20(23)25-3,14-26-13-16-7-5-4-6-8-16)22-19(27-15)17-9-11-18(24-2)12-10-17;1-8-11(13(15)17-3)14-12(18-8)9-4-6-10(16-2)7-5-9/h4-12,15H,13-14H2,1-3H3;4-8,11H,1-3H3/t15-,21-;8-,11+/m11/s1. The van der Waals surface area contributed by atoms with Crippen LogP contribution >= 0.6 is 0 Å². The third-order valence-electron chi connectivity index (χ3n) is 7.35. The monoisotopic (exact) mass is 618 g/mol. The van der Waals surface area contributed by atoms with Crippen molar-refractivity contribution < 1.29 is 42.7 Å². The lowest BCUT2D eigenvalue weighted by Crippen LogP contribution is -2.49. The summed E-state index contributed by atoms with van der Waals surface area (Å²) in [6, 6.07) is 23.8. The number of esters is 2. The van der Waals surface area contributed by atoms with Crippen molar-refractivity contribution in [3.05, 3.63) is 95.6 Å². The van der Waals surface area contributed by atoms with Crippen LogP contribution in [0.2, 0.25) is 0 Å². The predicted octanol–water partition coefficient (Wildman–Crippen LogP) is 4.39. The molecular formula is C34H38N2O9. The van der Waals surface area contributed by atoms with Crippen LogP contribution in [0.15, 0.2) is 88.8 Å². The summed E-state index contributed by atoms with van der Waals surface area (Å²) in [6.07, 6.45) is -0.827. The molecule has 0 saturated carbocycles. The number of hydrogen-bond donors (Lipinski definition) is 0. The Kier molecular flexibility index (Phi) is 11.2. The van der Waals surface area contributed by atoms with E-state index in [0.717, 1.165) is 28.2 Å². The Morgan fingerprint density at radius 1 is 0.756 bits per heavy atom. The third-order valence-corrected chi connectivity index (χ3v) is 7.35. The average Bonchev–Trinajstić information content (AvgIpc) is 3.64. The summed E-state index contributed by atoms with van der Waals surface area (Å²) in [5.41, 5.74) is 1.35. The Morgan fingerprint density at radius 3 is 1.87 bits per heavy atom. The maximum Gasteiger partial charge on any atom is 0.340 e. The topological polar surface area (TPSA) is 123 Å². The number of aliphatic imine (C=N–C) groups is 2. The van der Waals surface area contributed by atoms with Crippen molar-refractivity contribution in [2.24, 2.45) is 9.98 Å². The number of ether oxygens (including phenoxy) is 7. The molecule has 45 heavy (non-hydrogen) atoms. The van der Waals surface area contributed by atoms with E-state index in [0.29, 0.717) is 18.4 Å². The van der Waals surface area contributed by atoms with E-state index in [1.54, 1.807) is 28.1 Å². The minimum atomic E-state index is -1.24. The second kappa shape index (κ2) is 15.2. The van der Waals surface area contributed by atoms with Crippen LogP contribution in [-0.4, -0.2) is 82.6 Å². The molecule has 0 saturated heterocycles. The smallest absolute Gasteiger partial charge is 0.340 e. The molecule has 0 aliphatic carbocycles. The van der Waals surface area contributed by atoms with Gasteiger partial charge in [0.25, 0.3) is 0 Å². The fraction of sp³-hybridized carbons (Fsp3) is 0.353. The Bertz CT molecular complexity index is 1490. The van der Waals surface area contributed by atoms with Crippen LogP contribution in [0.4, 0.5) is 0 Å². The van der Waals surface area contributed by atoms with Crippen molar-refractivity contribution >= 4 is 23.7 Å². The maximum absolute atomic E-state index is 12.6. The fourth-order valence-electron chi connectivity index (χ4n) is 4.67. The molecule has 0 N–H and O–H groups in total. The molecule has 5 rings (SSSR count). The predicted molar refractivity (Wildman–Crippen MR) is 167 cm³/mol. The highest BCUT2D eigenvalue weighted by Crippen LogP contribution is 2.31.